The average Bonchev–Trinajstić information content (AvgIpc) is 3.00. The lowest BCUT2D eigenvalue weighted by Crippen LogP contribution is -2.34. The topological polar surface area (TPSA) is 172 Å². The van der Waals surface area contributed by atoms with Crippen molar-refractivity contribution in [3.8, 4) is 0 Å². The second-order valence-electron chi connectivity index (χ2n) is 12.0. The lowest BCUT2D eigenvalue weighted by atomic mass is 10.0. The van der Waals surface area contributed by atoms with E-state index in [1.807, 2.05) is 6.92 Å². The van der Waals surface area contributed by atoms with Crippen LogP contribution >= 0.6 is 7.82 Å². The van der Waals surface area contributed by atoms with E-state index in [0.29, 0.717) is 12.8 Å². The van der Waals surface area contributed by atoms with Crippen LogP contribution in [0.25, 0.3) is 0 Å². The molecule has 0 radical (unpaired) electrons. The summed E-state index contributed by atoms with van der Waals surface area (Å²) in [6, 6.07) is -1.51. The Kier molecular flexibility index (Phi) is 28.8. The quantitative estimate of drug-likeness (QED) is 0.0352. The molecule has 4 N–H and O–H groups in total. The van der Waals surface area contributed by atoms with E-state index in [1.54, 1.807) is 0 Å². The zero-order chi connectivity index (χ0) is 33.6. The number of carboxylic acid groups (broad SMARTS) is 1. The predicted molar refractivity (Wildman–Crippen MR) is 176 cm³/mol. The van der Waals surface area contributed by atoms with Crippen LogP contribution in [0.4, 0.5) is 0 Å². The number of phosphoric acid groups is 1. The summed E-state index contributed by atoms with van der Waals surface area (Å²) in [7, 11) is -4.68. The van der Waals surface area contributed by atoms with Crippen molar-refractivity contribution in [3.05, 3.63) is 0 Å². The molecule has 0 heterocycles. The molecule has 0 aliphatic rings. The average molecular weight is 666 g/mol. The summed E-state index contributed by atoms with van der Waals surface area (Å²) in [6.45, 7) is 2.39. The minimum absolute atomic E-state index is 0.166. The van der Waals surface area contributed by atoms with Crippen molar-refractivity contribution in [2.75, 3.05) is 19.8 Å². The van der Waals surface area contributed by atoms with Gasteiger partial charge in [0.05, 0.1) is 13.2 Å². The SMILES string of the molecule is CCCCCCCCCCCCCCCCCCCCCCC(=O)OC(COC(=O)CCC)COP(=O)(O)OCC(N)C(=O)O. The molecule has 0 bridgehead atoms. The van der Waals surface area contributed by atoms with Crippen LogP contribution < -0.4 is 5.73 Å². The van der Waals surface area contributed by atoms with Gasteiger partial charge < -0.3 is 25.2 Å². The Hall–Kier alpha value is -1.52. The number of ether oxygens (including phenoxy) is 2. The Labute approximate surface area is 272 Å². The second-order valence-corrected chi connectivity index (χ2v) is 13.5. The highest BCUT2D eigenvalue weighted by molar-refractivity contribution is 7.47. The molecule has 0 amide bonds. The van der Waals surface area contributed by atoms with Crippen LogP contribution in [0.3, 0.4) is 0 Å². The molecule has 3 atom stereocenters. The maximum Gasteiger partial charge on any atom is 0.472 e. The van der Waals surface area contributed by atoms with Gasteiger partial charge in [-0.25, -0.2) is 4.57 Å². The molecule has 0 saturated carbocycles. The third kappa shape index (κ3) is 29.6. The van der Waals surface area contributed by atoms with Crippen LogP contribution in [-0.2, 0) is 37.5 Å². The van der Waals surface area contributed by atoms with Gasteiger partial charge in [0.15, 0.2) is 6.10 Å². The van der Waals surface area contributed by atoms with Gasteiger partial charge >= 0.3 is 25.7 Å². The lowest BCUT2D eigenvalue weighted by molar-refractivity contribution is -0.161. The number of carboxylic acids is 1. The van der Waals surface area contributed by atoms with E-state index in [4.69, 9.17) is 24.8 Å². The zero-order valence-corrected chi connectivity index (χ0v) is 29.1. The normalized spacial score (nSPS) is 14.0. The van der Waals surface area contributed by atoms with Gasteiger partial charge in [-0.1, -0.05) is 136 Å². The molecule has 0 aromatic heterocycles. The molecule has 0 fully saturated rings. The van der Waals surface area contributed by atoms with Gasteiger partial charge in [0, 0.05) is 12.8 Å². The minimum atomic E-state index is -4.68. The summed E-state index contributed by atoms with van der Waals surface area (Å²) in [5.41, 5.74) is 5.26. The molecule has 266 valence electrons. The number of phosphoric ester groups is 1. The van der Waals surface area contributed by atoms with Gasteiger partial charge in [0.2, 0.25) is 0 Å². The summed E-state index contributed by atoms with van der Waals surface area (Å²) in [4.78, 5) is 44.7. The minimum Gasteiger partial charge on any atom is -0.480 e. The van der Waals surface area contributed by atoms with Gasteiger partial charge in [0.25, 0.3) is 0 Å². The summed E-state index contributed by atoms with van der Waals surface area (Å²) in [6.07, 6.45) is 25.1. The summed E-state index contributed by atoms with van der Waals surface area (Å²) in [5.74, 6) is -2.43. The van der Waals surface area contributed by atoms with E-state index in [-0.39, 0.29) is 19.4 Å². The molecule has 3 unspecified atom stereocenters. The molecular weight excluding hydrogens is 601 g/mol. The fraction of sp³-hybridized carbons (Fsp3) is 0.909. The van der Waals surface area contributed by atoms with Gasteiger partial charge in [0.1, 0.15) is 12.6 Å². The number of unbranched alkanes of at least 4 members (excludes halogenated alkanes) is 19. The van der Waals surface area contributed by atoms with Crippen LogP contribution in [0.15, 0.2) is 0 Å². The molecule has 11 nitrogen and oxygen atoms in total. The third-order valence-corrected chi connectivity index (χ3v) is 8.53. The van der Waals surface area contributed by atoms with Crippen molar-refractivity contribution in [2.24, 2.45) is 5.73 Å². The zero-order valence-electron chi connectivity index (χ0n) is 28.2. The monoisotopic (exact) mass is 665 g/mol. The Morgan fingerprint density at radius 3 is 1.44 bits per heavy atom. The van der Waals surface area contributed by atoms with E-state index < -0.39 is 51.1 Å². The first-order valence-corrected chi connectivity index (χ1v) is 19.1. The number of rotatable bonds is 33. The van der Waals surface area contributed by atoms with Crippen LogP contribution in [-0.4, -0.2) is 59.9 Å². The second kappa shape index (κ2) is 29.9. The van der Waals surface area contributed by atoms with Crippen molar-refractivity contribution in [3.63, 3.8) is 0 Å². The van der Waals surface area contributed by atoms with Crippen molar-refractivity contribution < 1.29 is 47.5 Å². The van der Waals surface area contributed by atoms with Crippen molar-refractivity contribution >= 4 is 25.7 Å². The van der Waals surface area contributed by atoms with Crippen LogP contribution in [0.5, 0.6) is 0 Å². The van der Waals surface area contributed by atoms with Crippen LogP contribution in [0.1, 0.15) is 162 Å². The van der Waals surface area contributed by atoms with E-state index in [2.05, 4.69) is 11.4 Å². The number of carbonyl (C=O) groups excluding carboxylic acids is 2. The summed E-state index contributed by atoms with van der Waals surface area (Å²) in [5, 5.41) is 8.77. The molecule has 0 aliphatic heterocycles. The number of hydrogen-bond donors (Lipinski definition) is 3. The molecule has 0 spiro atoms. The molecule has 0 saturated heterocycles. The number of hydrogen-bond acceptors (Lipinski definition) is 9. The number of esters is 2. The van der Waals surface area contributed by atoms with Crippen LogP contribution in [0.2, 0.25) is 0 Å². The third-order valence-electron chi connectivity index (χ3n) is 7.57. The van der Waals surface area contributed by atoms with Gasteiger partial charge in [-0.3, -0.25) is 23.4 Å². The van der Waals surface area contributed by atoms with Gasteiger partial charge in [-0.05, 0) is 12.8 Å². The van der Waals surface area contributed by atoms with Gasteiger partial charge in [-0.2, -0.15) is 0 Å². The standard InChI is InChI=1S/C33H64NO10P/c1-3-5-6-7-8-9-10-11-12-13-14-15-16-17-18-19-20-21-22-23-25-32(36)44-29(26-41-31(35)24-4-2)27-42-45(39,40)43-28-30(34)33(37)38/h29-30H,3-28,34H2,1-2H3,(H,37,38)(H,39,40). The number of nitrogens with two attached hydrogens (primary N) is 1. The molecule has 0 aromatic carbocycles. The molecular formula is C33H64NO10P. The first-order valence-electron chi connectivity index (χ1n) is 17.6. The fourth-order valence-corrected chi connectivity index (χ4v) is 5.59. The number of aliphatic carboxylic acids is 1. The van der Waals surface area contributed by atoms with Crippen LogP contribution in [0, 0.1) is 0 Å². The Morgan fingerprint density at radius 1 is 0.600 bits per heavy atom. The van der Waals surface area contributed by atoms with E-state index in [0.717, 1.165) is 19.3 Å². The Balaban J connectivity index is 3.97. The molecule has 0 aliphatic carbocycles. The van der Waals surface area contributed by atoms with Crippen molar-refractivity contribution in [2.45, 2.75) is 174 Å². The first kappa shape index (κ1) is 43.5. The Bertz CT molecular complexity index is 797. The highest BCUT2D eigenvalue weighted by Gasteiger charge is 2.28. The summed E-state index contributed by atoms with van der Waals surface area (Å²) < 4.78 is 31.9. The predicted octanol–water partition coefficient (Wildman–Crippen LogP) is 8.00. The van der Waals surface area contributed by atoms with E-state index >= 15 is 0 Å². The molecule has 0 rings (SSSR count). The van der Waals surface area contributed by atoms with Gasteiger partial charge in [-0.15, -0.1) is 0 Å². The Morgan fingerprint density at radius 2 is 1.02 bits per heavy atom. The van der Waals surface area contributed by atoms with Crippen molar-refractivity contribution in [1.29, 1.82) is 0 Å². The first-order chi connectivity index (χ1) is 21.6. The smallest absolute Gasteiger partial charge is 0.472 e. The van der Waals surface area contributed by atoms with Crippen molar-refractivity contribution in [1.82, 2.24) is 0 Å². The van der Waals surface area contributed by atoms with E-state index in [1.165, 1.54) is 103 Å². The summed E-state index contributed by atoms with van der Waals surface area (Å²) >= 11 is 0. The number of carbonyl (C=O) groups is 3. The van der Waals surface area contributed by atoms with E-state index in [9.17, 15) is 23.8 Å². The largest absolute Gasteiger partial charge is 0.480 e. The highest BCUT2D eigenvalue weighted by atomic mass is 31.2. The lowest BCUT2D eigenvalue weighted by Gasteiger charge is -2.20. The fourth-order valence-electron chi connectivity index (χ4n) is 4.81. The maximum atomic E-state index is 12.4. The molecule has 45 heavy (non-hydrogen) atoms. The maximum absolute atomic E-state index is 12.4. The molecule has 0 aromatic rings. The highest BCUT2D eigenvalue weighted by Crippen LogP contribution is 2.43. The molecule has 12 heteroatoms.